The van der Waals surface area contributed by atoms with Crippen molar-refractivity contribution >= 4 is 5.91 Å². The Balaban J connectivity index is 2.32. The van der Waals surface area contributed by atoms with Crippen LogP contribution in [0.2, 0.25) is 0 Å². The SMILES string of the molecule is CCCCCCC/C=C\C/C=C\C/C=C\CCCCCCCCC(=O)NC(COC1OC(CO)C(O)C(O)C1O)C(O)/C=C/CC/C=C/CC/C=C/CCCCCCCCCCCCCCC. The highest BCUT2D eigenvalue weighted by Gasteiger charge is 2.44. The van der Waals surface area contributed by atoms with Crippen LogP contribution in [0, 0.1) is 0 Å². The van der Waals surface area contributed by atoms with Crippen molar-refractivity contribution in [2.45, 2.75) is 275 Å². The lowest BCUT2D eigenvalue weighted by atomic mass is 9.99. The summed E-state index contributed by atoms with van der Waals surface area (Å²) in [5.41, 5.74) is 0. The van der Waals surface area contributed by atoms with E-state index in [9.17, 15) is 30.3 Å². The lowest BCUT2D eigenvalue weighted by Crippen LogP contribution is -2.60. The first-order valence-corrected chi connectivity index (χ1v) is 27.7. The summed E-state index contributed by atoms with van der Waals surface area (Å²) < 4.78 is 11.2. The summed E-state index contributed by atoms with van der Waals surface area (Å²) in [5, 5.41) is 54.4. The van der Waals surface area contributed by atoms with Gasteiger partial charge in [0.1, 0.15) is 24.4 Å². The van der Waals surface area contributed by atoms with Gasteiger partial charge < -0.3 is 40.3 Å². The molecule has 0 bridgehead atoms. The Morgan fingerprint density at radius 2 is 0.896 bits per heavy atom. The van der Waals surface area contributed by atoms with Crippen LogP contribution in [0.5, 0.6) is 0 Å². The second-order valence-electron chi connectivity index (χ2n) is 19.0. The van der Waals surface area contributed by atoms with Crippen LogP contribution in [-0.2, 0) is 14.3 Å². The normalized spacial score (nSPS) is 20.3. The van der Waals surface area contributed by atoms with Crippen molar-refractivity contribution in [1.82, 2.24) is 5.32 Å². The summed E-state index contributed by atoms with van der Waals surface area (Å²) in [7, 11) is 0. The smallest absolute Gasteiger partial charge is 0.220 e. The van der Waals surface area contributed by atoms with Crippen LogP contribution in [0.25, 0.3) is 0 Å². The van der Waals surface area contributed by atoms with Gasteiger partial charge in [0.05, 0.1) is 25.4 Å². The Hall–Kier alpha value is -2.37. The van der Waals surface area contributed by atoms with Gasteiger partial charge in [-0.3, -0.25) is 4.79 Å². The van der Waals surface area contributed by atoms with E-state index >= 15 is 0 Å². The van der Waals surface area contributed by atoms with Gasteiger partial charge in [0.25, 0.3) is 0 Å². The van der Waals surface area contributed by atoms with Gasteiger partial charge in [0.15, 0.2) is 6.29 Å². The molecule has 1 fully saturated rings. The number of aliphatic hydroxyl groups excluding tert-OH is 5. The second-order valence-corrected chi connectivity index (χ2v) is 19.0. The fourth-order valence-electron chi connectivity index (χ4n) is 8.31. The number of ether oxygens (including phenoxy) is 2. The third kappa shape index (κ3) is 37.2. The number of rotatable bonds is 46. The molecule has 1 aliphatic heterocycles. The van der Waals surface area contributed by atoms with Crippen LogP contribution in [0.3, 0.4) is 0 Å². The summed E-state index contributed by atoms with van der Waals surface area (Å²) >= 11 is 0. The van der Waals surface area contributed by atoms with Gasteiger partial charge in [0.2, 0.25) is 5.91 Å². The predicted octanol–water partition coefficient (Wildman–Crippen LogP) is 13.3. The molecule has 388 valence electrons. The van der Waals surface area contributed by atoms with Crippen molar-refractivity contribution < 1.29 is 39.8 Å². The molecular formula is C58H103NO8. The van der Waals surface area contributed by atoms with Gasteiger partial charge in [-0.15, -0.1) is 0 Å². The molecule has 0 aromatic rings. The monoisotopic (exact) mass is 942 g/mol. The largest absolute Gasteiger partial charge is 0.394 e. The standard InChI is InChI=1S/C58H103NO8/c1-3-5-7-9-11-13-15-17-19-21-23-25-26-28-29-31-33-35-37-39-41-43-45-47-52(61)51(50-66-58-57(65)56(64)55(63)53(49-60)67-58)59-54(62)48-46-44-42-40-38-36-34-32-30-27-24-22-20-18-16-14-12-10-8-6-4-2/h16,18,22,24,29-32,37,39,45,47,51-53,55-58,60-61,63-65H,3-15,17,19-21,23,25-28,33-36,38,40-44,46,48-50H2,1-2H3,(H,59,62)/b18-16-,24-22-,31-29+,32-30-,39-37+,47-45+. The minimum absolute atomic E-state index is 0.204. The maximum atomic E-state index is 13.0. The van der Waals surface area contributed by atoms with Crippen LogP contribution in [-0.4, -0.2) is 87.5 Å². The molecule has 1 heterocycles. The molecule has 0 saturated carbocycles. The highest BCUT2D eigenvalue weighted by molar-refractivity contribution is 5.76. The van der Waals surface area contributed by atoms with Gasteiger partial charge in [-0.2, -0.15) is 0 Å². The van der Waals surface area contributed by atoms with E-state index in [1.54, 1.807) is 6.08 Å². The van der Waals surface area contributed by atoms with Crippen LogP contribution < -0.4 is 5.32 Å². The Bertz CT molecular complexity index is 1280. The molecule has 0 radical (unpaired) electrons. The lowest BCUT2D eigenvalue weighted by molar-refractivity contribution is -0.302. The average Bonchev–Trinajstić information content (AvgIpc) is 3.33. The van der Waals surface area contributed by atoms with Crippen LogP contribution in [0.4, 0.5) is 0 Å². The number of amides is 1. The van der Waals surface area contributed by atoms with Crippen molar-refractivity contribution in [2.75, 3.05) is 13.2 Å². The first-order valence-electron chi connectivity index (χ1n) is 27.7. The lowest BCUT2D eigenvalue weighted by Gasteiger charge is -2.40. The van der Waals surface area contributed by atoms with Crippen LogP contribution in [0.1, 0.15) is 232 Å². The summed E-state index contributed by atoms with van der Waals surface area (Å²) in [6.45, 7) is 3.74. The quantitative estimate of drug-likeness (QED) is 0.0261. The second kappa shape index (κ2) is 47.3. The molecule has 7 atom stereocenters. The minimum Gasteiger partial charge on any atom is -0.394 e. The molecule has 1 rings (SSSR count). The number of hydrogen-bond acceptors (Lipinski definition) is 8. The van der Waals surface area contributed by atoms with Gasteiger partial charge in [-0.05, 0) is 83.5 Å². The molecule has 0 aromatic heterocycles. The fourth-order valence-corrected chi connectivity index (χ4v) is 8.31. The van der Waals surface area contributed by atoms with Crippen LogP contribution >= 0.6 is 0 Å². The molecule has 7 unspecified atom stereocenters. The molecule has 0 aromatic carbocycles. The van der Waals surface area contributed by atoms with Crippen molar-refractivity contribution in [2.24, 2.45) is 0 Å². The zero-order chi connectivity index (χ0) is 48.7. The highest BCUT2D eigenvalue weighted by Crippen LogP contribution is 2.23. The van der Waals surface area contributed by atoms with Crippen molar-refractivity contribution in [3.05, 3.63) is 72.9 Å². The van der Waals surface area contributed by atoms with Crippen molar-refractivity contribution in [1.29, 1.82) is 0 Å². The van der Waals surface area contributed by atoms with Gasteiger partial charge >= 0.3 is 0 Å². The molecule has 67 heavy (non-hydrogen) atoms. The molecular weight excluding hydrogens is 839 g/mol. The zero-order valence-corrected chi connectivity index (χ0v) is 42.9. The van der Waals surface area contributed by atoms with E-state index in [0.29, 0.717) is 6.42 Å². The Labute approximate surface area is 410 Å². The summed E-state index contributed by atoms with van der Waals surface area (Å²) in [4.78, 5) is 13.0. The highest BCUT2D eigenvalue weighted by atomic mass is 16.7. The van der Waals surface area contributed by atoms with Gasteiger partial charge in [-0.1, -0.05) is 215 Å². The average molecular weight is 942 g/mol. The van der Waals surface area contributed by atoms with E-state index in [-0.39, 0.29) is 12.5 Å². The van der Waals surface area contributed by atoms with E-state index in [1.165, 1.54) is 128 Å². The fraction of sp³-hybridized carbons (Fsp3) is 0.776. The minimum atomic E-state index is -1.58. The molecule has 9 nitrogen and oxygen atoms in total. The first kappa shape index (κ1) is 62.6. The first-order chi connectivity index (χ1) is 32.8. The third-order valence-corrected chi connectivity index (χ3v) is 12.7. The molecule has 1 amide bonds. The molecule has 1 saturated heterocycles. The summed E-state index contributed by atoms with van der Waals surface area (Å²) in [6.07, 6.45) is 58.1. The molecule has 0 aliphatic carbocycles. The Morgan fingerprint density at radius 3 is 1.36 bits per heavy atom. The number of unbranched alkanes of at least 4 members (excludes halogenated alkanes) is 26. The molecule has 1 aliphatic rings. The Morgan fingerprint density at radius 1 is 0.507 bits per heavy atom. The van der Waals surface area contributed by atoms with E-state index < -0.39 is 49.5 Å². The maximum absolute atomic E-state index is 13.0. The van der Waals surface area contributed by atoms with Gasteiger partial charge in [0, 0.05) is 6.42 Å². The van der Waals surface area contributed by atoms with Crippen molar-refractivity contribution in [3.63, 3.8) is 0 Å². The number of aliphatic hydroxyl groups is 5. The topological polar surface area (TPSA) is 149 Å². The predicted molar refractivity (Wildman–Crippen MR) is 281 cm³/mol. The van der Waals surface area contributed by atoms with Crippen molar-refractivity contribution in [3.8, 4) is 0 Å². The molecule has 6 N–H and O–H groups in total. The zero-order valence-electron chi connectivity index (χ0n) is 42.9. The summed E-state index contributed by atoms with van der Waals surface area (Å²) in [5.74, 6) is -0.204. The van der Waals surface area contributed by atoms with Gasteiger partial charge in [-0.25, -0.2) is 0 Å². The Kier molecular flexibility index (Phi) is 44.2. The number of allylic oxidation sites excluding steroid dienone is 11. The van der Waals surface area contributed by atoms with E-state index in [4.69, 9.17) is 9.47 Å². The molecule has 9 heteroatoms. The van der Waals surface area contributed by atoms with Crippen LogP contribution in [0.15, 0.2) is 72.9 Å². The van der Waals surface area contributed by atoms with E-state index in [2.05, 4.69) is 79.9 Å². The summed E-state index contributed by atoms with van der Waals surface area (Å²) in [6, 6.07) is -0.839. The van der Waals surface area contributed by atoms with E-state index in [1.807, 2.05) is 6.08 Å². The number of nitrogens with one attached hydrogen (secondary N) is 1. The molecule has 0 spiro atoms. The third-order valence-electron chi connectivity index (χ3n) is 12.7. The van der Waals surface area contributed by atoms with E-state index in [0.717, 1.165) is 83.5 Å². The number of hydrogen-bond donors (Lipinski definition) is 6. The number of carbonyl (C=O) groups is 1. The number of carbonyl (C=O) groups excluding carboxylic acids is 1. The maximum Gasteiger partial charge on any atom is 0.220 e.